The van der Waals surface area contributed by atoms with Crippen LogP contribution in [-0.4, -0.2) is 15.6 Å². The summed E-state index contributed by atoms with van der Waals surface area (Å²) < 4.78 is 16.1. The van der Waals surface area contributed by atoms with Crippen LogP contribution in [0.3, 0.4) is 0 Å². The van der Waals surface area contributed by atoms with Crippen molar-refractivity contribution in [3.05, 3.63) is 51.0 Å². The van der Waals surface area contributed by atoms with Crippen molar-refractivity contribution in [2.45, 2.75) is 26.3 Å². The van der Waals surface area contributed by atoms with Crippen LogP contribution in [0.25, 0.3) is 0 Å². The molecule has 0 saturated heterocycles. The van der Waals surface area contributed by atoms with E-state index in [0.717, 1.165) is 6.42 Å². The minimum absolute atomic E-state index is 0.0245. The van der Waals surface area contributed by atoms with Crippen LogP contribution in [-0.2, 0) is 13.0 Å². The molecular formula is C14H13BrClFN2O. The quantitative estimate of drug-likeness (QED) is 0.747. The van der Waals surface area contributed by atoms with E-state index in [0.29, 0.717) is 22.3 Å². The standard InChI is InChI=1S/C14H13BrClFN2O/c1-2-6-19-14(10(15)8-18-19)12(20)7-9-4-3-5-11(16)13(9)17/h3-5,8H,2,6-7H2,1H3. The number of ketones is 1. The van der Waals surface area contributed by atoms with Crippen molar-refractivity contribution in [1.29, 1.82) is 0 Å². The minimum Gasteiger partial charge on any atom is -0.292 e. The highest BCUT2D eigenvalue weighted by Crippen LogP contribution is 2.22. The van der Waals surface area contributed by atoms with Gasteiger partial charge in [0.25, 0.3) is 0 Å². The SMILES string of the molecule is CCCn1ncc(Br)c1C(=O)Cc1cccc(Cl)c1F. The Labute approximate surface area is 129 Å². The van der Waals surface area contributed by atoms with E-state index in [4.69, 9.17) is 11.6 Å². The van der Waals surface area contributed by atoms with Gasteiger partial charge in [-0.25, -0.2) is 4.39 Å². The van der Waals surface area contributed by atoms with E-state index in [1.54, 1.807) is 23.0 Å². The van der Waals surface area contributed by atoms with Gasteiger partial charge in [0.2, 0.25) is 0 Å². The Morgan fingerprint density at radius 3 is 2.95 bits per heavy atom. The topological polar surface area (TPSA) is 34.9 Å². The van der Waals surface area contributed by atoms with Crippen LogP contribution in [0, 0.1) is 5.82 Å². The van der Waals surface area contributed by atoms with E-state index < -0.39 is 5.82 Å². The lowest BCUT2D eigenvalue weighted by atomic mass is 10.1. The van der Waals surface area contributed by atoms with Gasteiger partial charge in [-0.1, -0.05) is 30.7 Å². The van der Waals surface area contributed by atoms with Gasteiger partial charge in [0.1, 0.15) is 11.5 Å². The number of benzene rings is 1. The normalized spacial score (nSPS) is 10.8. The molecule has 2 rings (SSSR count). The highest BCUT2D eigenvalue weighted by molar-refractivity contribution is 9.10. The molecule has 0 aliphatic carbocycles. The fourth-order valence-corrected chi connectivity index (χ4v) is 2.67. The number of carbonyl (C=O) groups excluding carboxylic acids is 1. The highest BCUT2D eigenvalue weighted by atomic mass is 79.9. The van der Waals surface area contributed by atoms with Crippen LogP contribution in [0.1, 0.15) is 29.4 Å². The number of hydrogen-bond donors (Lipinski definition) is 0. The molecule has 6 heteroatoms. The highest BCUT2D eigenvalue weighted by Gasteiger charge is 2.19. The van der Waals surface area contributed by atoms with E-state index >= 15 is 0 Å². The van der Waals surface area contributed by atoms with E-state index in [2.05, 4.69) is 21.0 Å². The molecule has 106 valence electrons. The van der Waals surface area contributed by atoms with Gasteiger partial charge in [-0.2, -0.15) is 5.10 Å². The summed E-state index contributed by atoms with van der Waals surface area (Å²) in [5.74, 6) is -0.732. The molecule has 0 aliphatic rings. The predicted molar refractivity (Wildman–Crippen MR) is 79.7 cm³/mol. The molecule has 0 unspecified atom stereocenters. The first kappa shape index (κ1) is 15.2. The van der Waals surface area contributed by atoms with Crippen molar-refractivity contribution in [2.75, 3.05) is 0 Å². The van der Waals surface area contributed by atoms with Crippen molar-refractivity contribution in [3.8, 4) is 0 Å². The van der Waals surface area contributed by atoms with Gasteiger partial charge in [-0.3, -0.25) is 9.48 Å². The van der Waals surface area contributed by atoms with Crippen molar-refractivity contribution < 1.29 is 9.18 Å². The fourth-order valence-electron chi connectivity index (χ4n) is 1.96. The number of halogens is 3. The van der Waals surface area contributed by atoms with E-state index in [1.165, 1.54) is 6.07 Å². The Kier molecular flexibility index (Phi) is 4.94. The van der Waals surface area contributed by atoms with Gasteiger partial charge in [-0.05, 0) is 34.0 Å². The predicted octanol–water partition coefficient (Wildman–Crippen LogP) is 4.27. The number of Topliss-reactive ketones (excluding diaryl/α,β-unsaturated/α-hetero) is 1. The number of aryl methyl sites for hydroxylation is 1. The van der Waals surface area contributed by atoms with Crippen LogP contribution >= 0.6 is 27.5 Å². The van der Waals surface area contributed by atoms with Gasteiger partial charge < -0.3 is 0 Å². The largest absolute Gasteiger partial charge is 0.292 e. The van der Waals surface area contributed by atoms with Gasteiger partial charge in [0, 0.05) is 13.0 Å². The Morgan fingerprint density at radius 2 is 2.25 bits per heavy atom. The molecule has 0 amide bonds. The molecule has 0 atom stereocenters. The molecule has 0 saturated carbocycles. The molecule has 0 fully saturated rings. The average molecular weight is 360 g/mol. The lowest BCUT2D eigenvalue weighted by molar-refractivity contribution is 0.0980. The molecule has 1 aromatic carbocycles. The molecule has 1 heterocycles. The average Bonchev–Trinajstić information content (AvgIpc) is 2.77. The molecule has 0 radical (unpaired) electrons. The smallest absolute Gasteiger partial charge is 0.186 e. The number of nitrogens with zero attached hydrogens (tertiary/aromatic N) is 2. The van der Waals surface area contributed by atoms with Crippen molar-refractivity contribution in [1.82, 2.24) is 9.78 Å². The molecular weight excluding hydrogens is 347 g/mol. The molecule has 20 heavy (non-hydrogen) atoms. The second-order valence-electron chi connectivity index (χ2n) is 4.38. The minimum atomic E-state index is -0.541. The fraction of sp³-hybridized carbons (Fsp3) is 0.286. The monoisotopic (exact) mass is 358 g/mol. The van der Waals surface area contributed by atoms with Gasteiger partial charge in [0.05, 0.1) is 15.7 Å². The Balaban J connectivity index is 2.28. The molecule has 0 spiro atoms. The van der Waals surface area contributed by atoms with Crippen LogP contribution in [0.2, 0.25) is 5.02 Å². The Morgan fingerprint density at radius 1 is 1.50 bits per heavy atom. The summed E-state index contributed by atoms with van der Waals surface area (Å²) in [6, 6.07) is 4.65. The maximum absolute atomic E-state index is 13.8. The van der Waals surface area contributed by atoms with E-state index in [9.17, 15) is 9.18 Å². The second kappa shape index (κ2) is 6.50. The number of aromatic nitrogens is 2. The summed E-state index contributed by atoms with van der Waals surface area (Å²) >= 11 is 9.03. The third kappa shape index (κ3) is 3.10. The zero-order valence-electron chi connectivity index (χ0n) is 10.9. The maximum Gasteiger partial charge on any atom is 0.186 e. The summed E-state index contributed by atoms with van der Waals surface area (Å²) in [5.41, 5.74) is 0.755. The summed E-state index contributed by atoms with van der Waals surface area (Å²) in [4.78, 5) is 12.4. The molecule has 1 aromatic heterocycles. The maximum atomic E-state index is 13.8. The van der Waals surface area contributed by atoms with Gasteiger partial charge in [0.15, 0.2) is 5.78 Å². The van der Waals surface area contributed by atoms with Crippen LogP contribution in [0.5, 0.6) is 0 Å². The van der Waals surface area contributed by atoms with Crippen LogP contribution < -0.4 is 0 Å². The van der Waals surface area contributed by atoms with E-state index in [1.807, 2.05) is 6.92 Å². The molecule has 0 N–H and O–H groups in total. The molecule has 2 aromatic rings. The van der Waals surface area contributed by atoms with Gasteiger partial charge in [-0.15, -0.1) is 0 Å². The Bertz CT molecular complexity index is 642. The van der Waals surface area contributed by atoms with Crippen molar-refractivity contribution in [2.24, 2.45) is 0 Å². The van der Waals surface area contributed by atoms with Crippen molar-refractivity contribution >= 4 is 33.3 Å². The van der Waals surface area contributed by atoms with Crippen molar-refractivity contribution in [3.63, 3.8) is 0 Å². The summed E-state index contributed by atoms with van der Waals surface area (Å²) in [7, 11) is 0. The lowest BCUT2D eigenvalue weighted by Gasteiger charge is -2.07. The number of rotatable bonds is 5. The Hall–Kier alpha value is -1.20. The lowest BCUT2D eigenvalue weighted by Crippen LogP contribution is -2.14. The molecule has 0 aliphatic heterocycles. The third-order valence-electron chi connectivity index (χ3n) is 2.88. The second-order valence-corrected chi connectivity index (χ2v) is 5.64. The molecule has 3 nitrogen and oxygen atoms in total. The first-order chi connectivity index (χ1) is 9.54. The zero-order valence-corrected chi connectivity index (χ0v) is 13.2. The van der Waals surface area contributed by atoms with Gasteiger partial charge >= 0.3 is 0 Å². The van der Waals surface area contributed by atoms with Crippen LogP contribution in [0.4, 0.5) is 4.39 Å². The van der Waals surface area contributed by atoms with E-state index in [-0.39, 0.29) is 17.2 Å². The number of hydrogen-bond acceptors (Lipinski definition) is 2. The molecule has 0 bridgehead atoms. The number of carbonyl (C=O) groups is 1. The zero-order chi connectivity index (χ0) is 14.7. The summed E-state index contributed by atoms with van der Waals surface area (Å²) in [5, 5.41) is 4.16. The van der Waals surface area contributed by atoms with Crippen LogP contribution in [0.15, 0.2) is 28.9 Å². The first-order valence-corrected chi connectivity index (χ1v) is 7.39. The summed E-state index contributed by atoms with van der Waals surface area (Å²) in [6.45, 7) is 2.64. The third-order valence-corrected chi connectivity index (χ3v) is 3.75. The summed E-state index contributed by atoms with van der Waals surface area (Å²) in [6.07, 6.45) is 2.40. The first-order valence-electron chi connectivity index (χ1n) is 6.22.